The van der Waals surface area contributed by atoms with Gasteiger partial charge in [0, 0.05) is 16.8 Å². The predicted octanol–water partition coefficient (Wildman–Crippen LogP) is 9.01. The summed E-state index contributed by atoms with van der Waals surface area (Å²) >= 11 is 0. The summed E-state index contributed by atoms with van der Waals surface area (Å²) in [7, 11) is 0. The van der Waals surface area contributed by atoms with E-state index in [4.69, 9.17) is 9.47 Å². The minimum atomic E-state index is -0.290. The SMILES string of the molecule is CCCCCCCCCOc1ccc2c(ccc3c(F)c(OCCCCCCC)ccc32)n1. The second-order valence-electron chi connectivity index (χ2n) is 8.99. The molecular formula is C29H40FNO2. The largest absolute Gasteiger partial charge is 0.490 e. The van der Waals surface area contributed by atoms with Gasteiger partial charge in [-0.15, -0.1) is 0 Å². The number of halogens is 1. The molecule has 3 nitrogen and oxygen atoms in total. The van der Waals surface area contributed by atoms with Crippen LogP contribution in [0.25, 0.3) is 21.7 Å². The van der Waals surface area contributed by atoms with Gasteiger partial charge in [0.25, 0.3) is 0 Å². The molecule has 0 radical (unpaired) electrons. The lowest BCUT2D eigenvalue weighted by atomic mass is 10.0. The van der Waals surface area contributed by atoms with Crippen LogP contribution in [0.4, 0.5) is 4.39 Å². The van der Waals surface area contributed by atoms with Crippen molar-refractivity contribution in [1.29, 1.82) is 0 Å². The van der Waals surface area contributed by atoms with Gasteiger partial charge >= 0.3 is 0 Å². The number of benzene rings is 2. The van der Waals surface area contributed by atoms with Crippen LogP contribution >= 0.6 is 0 Å². The van der Waals surface area contributed by atoms with E-state index < -0.39 is 0 Å². The van der Waals surface area contributed by atoms with Gasteiger partial charge in [0.1, 0.15) is 0 Å². The fourth-order valence-corrected chi connectivity index (χ4v) is 4.26. The van der Waals surface area contributed by atoms with E-state index in [1.165, 1.54) is 57.8 Å². The number of unbranched alkanes of at least 4 members (excludes halogenated alkanes) is 10. The number of hydrogen-bond donors (Lipinski definition) is 0. The summed E-state index contributed by atoms with van der Waals surface area (Å²) in [5, 5.41) is 2.36. The van der Waals surface area contributed by atoms with Crippen molar-refractivity contribution in [3.63, 3.8) is 0 Å². The molecule has 3 rings (SSSR count). The van der Waals surface area contributed by atoms with Crippen molar-refractivity contribution in [3.8, 4) is 11.6 Å². The summed E-state index contributed by atoms with van der Waals surface area (Å²) < 4.78 is 26.7. The second kappa shape index (κ2) is 14.0. The van der Waals surface area contributed by atoms with Crippen molar-refractivity contribution < 1.29 is 13.9 Å². The standard InChI is InChI=1S/C29H40FNO2/c1-3-5-7-9-10-12-14-22-33-28-20-17-24-23-16-19-27(32-21-13-11-8-6-4-2)29(30)25(23)15-18-26(24)31-28/h15-20H,3-14,21-22H2,1-2H3. The van der Waals surface area contributed by atoms with E-state index in [1.54, 1.807) is 12.1 Å². The Hall–Kier alpha value is -2.36. The summed E-state index contributed by atoms with van der Waals surface area (Å²) in [6.45, 7) is 5.69. The van der Waals surface area contributed by atoms with Crippen LogP contribution in [0.5, 0.6) is 11.6 Å². The molecule has 0 aliphatic rings. The van der Waals surface area contributed by atoms with Gasteiger partial charge in [0.05, 0.1) is 18.7 Å². The molecule has 0 atom stereocenters. The maximum Gasteiger partial charge on any atom is 0.213 e. The van der Waals surface area contributed by atoms with Gasteiger partial charge in [-0.1, -0.05) is 78.1 Å². The molecule has 1 heterocycles. The van der Waals surface area contributed by atoms with Crippen molar-refractivity contribution in [2.75, 3.05) is 13.2 Å². The minimum Gasteiger partial charge on any atom is -0.490 e. The van der Waals surface area contributed by atoms with E-state index in [0.29, 0.717) is 30.2 Å². The number of nitrogens with zero attached hydrogens (tertiary/aromatic N) is 1. The molecule has 0 amide bonds. The fraction of sp³-hybridized carbons (Fsp3) is 0.552. The zero-order valence-electron chi connectivity index (χ0n) is 20.5. The van der Waals surface area contributed by atoms with Crippen molar-refractivity contribution in [1.82, 2.24) is 4.98 Å². The Balaban J connectivity index is 1.56. The summed E-state index contributed by atoms with van der Waals surface area (Å²) in [5.74, 6) is 0.679. The third kappa shape index (κ3) is 7.58. The number of hydrogen-bond acceptors (Lipinski definition) is 3. The molecular weight excluding hydrogens is 413 g/mol. The van der Waals surface area contributed by atoms with E-state index in [2.05, 4.69) is 18.8 Å². The first-order chi connectivity index (χ1) is 16.2. The highest BCUT2D eigenvalue weighted by atomic mass is 19.1. The molecule has 0 spiro atoms. The maximum absolute atomic E-state index is 15.1. The van der Waals surface area contributed by atoms with E-state index >= 15 is 4.39 Å². The highest BCUT2D eigenvalue weighted by molar-refractivity contribution is 6.06. The van der Waals surface area contributed by atoms with Gasteiger partial charge in [0.15, 0.2) is 11.6 Å². The molecule has 2 aromatic carbocycles. The van der Waals surface area contributed by atoms with E-state index in [-0.39, 0.29) is 5.82 Å². The maximum atomic E-state index is 15.1. The summed E-state index contributed by atoms with van der Waals surface area (Å²) in [6, 6.07) is 11.2. The number of fused-ring (bicyclic) bond motifs is 3. The Morgan fingerprint density at radius 1 is 0.606 bits per heavy atom. The zero-order chi connectivity index (χ0) is 23.3. The monoisotopic (exact) mass is 453 g/mol. The Bertz CT molecular complexity index is 988. The second-order valence-corrected chi connectivity index (χ2v) is 8.99. The number of rotatable bonds is 16. The Morgan fingerprint density at radius 3 is 1.88 bits per heavy atom. The number of aromatic nitrogens is 1. The van der Waals surface area contributed by atoms with Crippen molar-refractivity contribution in [3.05, 3.63) is 42.2 Å². The Kier molecular flexibility index (Phi) is 10.7. The summed E-state index contributed by atoms with van der Waals surface area (Å²) in [6.07, 6.45) is 14.6. The first-order valence-electron chi connectivity index (χ1n) is 13.0. The van der Waals surface area contributed by atoms with E-state index in [9.17, 15) is 0 Å². The first-order valence-corrected chi connectivity index (χ1v) is 13.0. The lowest BCUT2D eigenvalue weighted by molar-refractivity contribution is 0.291. The lowest BCUT2D eigenvalue weighted by Crippen LogP contribution is -2.00. The van der Waals surface area contributed by atoms with Crippen LogP contribution in [0.1, 0.15) is 90.9 Å². The smallest absolute Gasteiger partial charge is 0.213 e. The van der Waals surface area contributed by atoms with Crippen LogP contribution in [0.3, 0.4) is 0 Å². The van der Waals surface area contributed by atoms with Gasteiger partial charge in [-0.2, -0.15) is 0 Å². The number of pyridine rings is 1. The summed E-state index contributed by atoms with van der Waals surface area (Å²) in [4.78, 5) is 4.64. The van der Waals surface area contributed by atoms with Gasteiger partial charge in [0.2, 0.25) is 5.88 Å². The average molecular weight is 454 g/mol. The third-order valence-corrected chi connectivity index (χ3v) is 6.24. The van der Waals surface area contributed by atoms with Crippen LogP contribution in [0.2, 0.25) is 0 Å². The van der Waals surface area contributed by atoms with E-state index in [0.717, 1.165) is 35.6 Å². The molecule has 0 aliphatic carbocycles. The number of ether oxygens (including phenoxy) is 2. The van der Waals surface area contributed by atoms with E-state index in [1.807, 2.05) is 24.3 Å². The molecule has 3 aromatic rings. The topological polar surface area (TPSA) is 31.4 Å². The Morgan fingerprint density at radius 2 is 1.18 bits per heavy atom. The normalized spacial score (nSPS) is 11.4. The molecule has 0 saturated carbocycles. The highest BCUT2D eigenvalue weighted by Crippen LogP contribution is 2.32. The summed E-state index contributed by atoms with van der Waals surface area (Å²) in [5.41, 5.74) is 0.823. The molecule has 4 heteroatoms. The molecule has 0 bridgehead atoms. The molecule has 0 saturated heterocycles. The van der Waals surface area contributed by atoms with Crippen LogP contribution in [0.15, 0.2) is 36.4 Å². The lowest BCUT2D eigenvalue weighted by Gasteiger charge is -2.11. The van der Waals surface area contributed by atoms with Crippen LogP contribution < -0.4 is 9.47 Å². The Labute approximate surface area is 198 Å². The molecule has 0 N–H and O–H groups in total. The minimum absolute atomic E-state index is 0.290. The molecule has 180 valence electrons. The molecule has 0 aliphatic heterocycles. The van der Waals surface area contributed by atoms with Gasteiger partial charge < -0.3 is 9.47 Å². The van der Waals surface area contributed by atoms with Crippen LogP contribution in [-0.4, -0.2) is 18.2 Å². The van der Waals surface area contributed by atoms with Crippen molar-refractivity contribution >= 4 is 21.7 Å². The first kappa shape index (κ1) is 25.3. The molecule has 33 heavy (non-hydrogen) atoms. The van der Waals surface area contributed by atoms with Gasteiger partial charge in [-0.3, -0.25) is 0 Å². The van der Waals surface area contributed by atoms with Crippen LogP contribution in [-0.2, 0) is 0 Å². The quantitative estimate of drug-likeness (QED) is 0.160. The molecule has 0 fully saturated rings. The molecule has 1 aromatic heterocycles. The van der Waals surface area contributed by atoms with Crippen molar-refractivity contribution in [2.45, 2.75) is 90.9 Å². The zero-order valence-corrected chi connectivity index (χ0v) is 20.5. The van der Waals surface area contributed by atoms with Gasteiger partial charge in [-0.25, -0.2) is 9.37 Å². The molecule has 0 unspecified atom stereocenters. The third-order valence-electron chi connectivity index (χ3n) is 6.24. The van der Waals surface area contributed by atoms with Gasteiger partial charge in [-0.05, 0) is 48.6 Å². The van der Waals surface area contributed by atoms with Crippen molar-refractivity contribution in [2.24, 2.45) is 0 Å². The average Bonchev–Trinajstić information content (AvgIpc) is 2.84. The fourth-order valence-electron chi connectivity index (χ4n) is 4.26. The highest BCUT2D eigenvalue weighted by Gasteiger charge is 2.12. The van der Waals surface area contributed by atoms with Crippen LogP contribution in [0, 0.1) is 5.82 Å². The predicted molar refractivity (Wildman–Crippen MR) is 137 cm³/mol.